The SMILES string of the molecule is O=[N+]([O-])c1cc(F)cc(Oc2ccc(F)c(Cl)c2)c1. The first-order valence-electron chi connectivity index (χ1n) is 5.03. The van der Waals surface area contributed by atoms with Gasteiger partial charge in [0.05, 0.1) is 22.1 Å². The van der Waals surface area contributed by atoms with E-state index in [1.807, 2.05) is 0 Å². The summed E-state index contributed by atoms with van der Waals surface area (Å²) < 4.78 is 31.3. The van der Waals surface area contributed by atoms with Gasteiger partial charge in [0.1, 0.15) is 23.1 Å². The van der Waals surface area contributed by atoms with Gasteiger partial charge in [-0.25, -0.2) is 8.78 Å². The van der Waals surface area contributed by atoms with Crippen molar-refractivity contribution in [3.05, 3.63) is 63.2 Å². The van der Waals surface area contributed by atoms with E-state index in [1.165, 1.54) is 12.1 Å². The van der Waals surface area contributed by atoms with Crippen LogP contribution in [0, 0.1) is 21.7 Å². The van der Waals surface area contributed by atoms with Crippen LogP contribution in [0.5, 0.6) is 11.5 Å². The number of halogens is 3. The summed E-state index contributed by atoms with van der Waals surface area (Å²) in [5, 5.41) is 10.4. The summed E-state index contributed by atoms with van der Waals surface area (Å²) in [6.07, 6.45) is 0. The van der Waals surface area contributed by atoms with Gasteiger partial charge in [0.25, 0.3) is 5.69 Å². The Kier molecular flexibility index (Phi) is 3.62. The largest absolute Gasteiger partial charge is 0.457 e. The topological polar surface area (TPSA) is 52.4 Å². The quantitative estimate of drug-likeness (QED) is 0.623. The van der Waals surface area contributed by atoms with E-state index in [1.54, 1.807) is 0 Å². The molecule has 0 atom stereocenters. The molecule has 98 valence electrons. The van der Waals surface area contributed by atoms with Gasteiger partial charge in [-0.3, -0.25) is 10.1 Å². The number of nitrogens with zero attached hydrogens (tertiary/aromatic N) is 1. The van der Waals surface area contributed by atoms with Crippen molar-refractivity contribution in [2.24, 2.45) is 0 Å². The smallest absolute Gasteiger partial charge is 0.276 e. The first kappa shape index (κ1) is 13.2. The van der Waals surface area contributed by atoms with Crippen molar-refractivity contribution < 1.29 is 18.4 Å². The van der Waals surface area contributed by atoms with Crippen molar-refractivity contribution in [2.75, 3.05) is 0 Å². The molecule has 0 N–H and O–H groups in total. The number of nitro groups is 1. The van der Waals surface area contributed by atoms with Gasteiger partial charge in [-0.2, -0.15) is 0 Å². The fraction of sp³-hybridized carbons (Fsp3) is 0. The second-order valence-corrected chi connectivity index (χ2v) is 3.99. The van der Waals surface area contributed by atoms with E-state index in [4.69, 9.17) is 16.3 Å². The van der Waals surface area contributed by atoms with Crippen LogP contribution in [0.15, 0.2) is 36.4 Å². The van der Waals surface area contributed by atoms with E-state index < -0.39 is 22.2 Å². The van der Waals surface area contributed by atoms with Gasteiger partial charge in [0, 0.05) is 12.1 Å². The van der Waals surface area contributed by atoms with Crippen molar-refractivity contribution in [2.45, 2.75) is 0 Å². The molecule has 0 fully saturated rings. The lowest BCUT2D eigenvalue weighted by Crippen LogP contribution is -1.92. The average molecular weight is 286 g/mol. The zero-order valence-corrected chi connectivity index (χ0v) is 10.0. The summed E-state index contributed by atoms with van der Waals surface area (Å²) in [6, 6.07) is 6.34. The van der Waals surface area contributed by atoms with Gasteiger partial charge in [-0.15, -0.1) is 0 Å². The molecule has 0 aromatic heterocycles. The average Bonchev–Trinajstić information content (AvgIpc) is 2.33. The molecule has 7 heteroatoms. The minimum absolute atomic E-state index is 0.0747. The second-order valence-electron chi connectivity index (χ2n) is 3.58. The van der Waals surface area contributed by atoms with Gasteiger partial charge in [0.15, 0.2) is 0 Å². The summed E-state index contributed by atoms with van der Waals surface area (Å²) in [5.74, 6) is -1.36. The predicted octanol–water partition coefficient (Wildman–Crippen LogP) is 4.32. The Hall–Kier alpha value is -2.21. The molecule has 2 aromatic carbocycles. The highest BCUT2D eigenvalue weighted by Gasteiger charge is 2.11. The molecule has 0 radical (unpaired) electrons. The molecule has 0 saturated carbocycles. The van der Waals surface area contributed by atoms with Crippen molar-refractivity contribution >= 4 is 17.3 Å². The normalized spacial score (nSPS) is 10.3. The predicted molar refractivity (Wildman–Crippen MR) is 64.5 cm³/mol. The lowest BCUT2D eigenvalue weighted by atomic mass is 10.3. The maximum Gasteiger partial charge on any atom is 0.276 e. The monoisotopic (exact) mass is 285 g/mol. The van der Waals surface area contributed by atoms with Crippen molar-refractivity contribution in [3.8, 4) is 11.5 Å². The molecule has 0 amide bonds. The molecular weight excluding hydrogens is 280 g/mol. The summed E-state index contributed by atoms with van der Waals surface area (Å²) in [6.45, 7) is 0. The van der Waals surface area contributed by atoms with E-state index in [-0.39, 0.29) is 16.5 Å². The Morgan fingerprint density at radius 3 is 2.47 bits per heavy atom. The second kappa shape index (κ2) is 5.19. The minimum atomic E-state index is -0.808. The molecule has 0 saturated heterocycles. The Bertz CT molecular complexity index is 649. The van der Waals surface area contributed by atoms with Crippen LogP contribution in [0.2, 0.25) is 5.02 Å². The highest BCUT2D eigenvalue weighted by atomic mass is 35.5. The third kappa shape index (κ3) is 3.17. The van der Waals surface area contributed by atoms with Crippen LogP contribution in [0.4, 0.5) is 14.5 Å². The van der Waals surface area contributed by atoms with Crippen LogP contribution in [0.1, 0.15) is 0 Å². The number of ether oxygens (including phenoxy) is 1. The van der Waals surface area contributed by atoms with Crippen molar-refractivity contribution in [3.63, 3.8) is 0 Å². The maximum absolute atomic E-state index is 13.2. The number of hydrogen-bond acceptors (Lipinski definition) is 3. The maximum atomic E-state index is 13.2. The molecule has 0 heterocycles. The molecule has 4 nitrogen and oxygen atoms in total. The molecule has 0 aliphatic carbocycles. The van der Waals surface area contributed by atoms with Crippen LogP contribution in [0.3, 0.4) is 0 Å². The number of hydrogen-bond donors (Lipinski definition) is 0. The zero-order valence-electron chi connectivity index (χ0n) is 9.27. The first-order chi connectivity index (χ1) is 8.95. The lowest BCUT2D eigenvalue weighted by Gasteiger charge is -2.06. The summed E-state index contributed by atoms with van der Waals surface area (Å²) in [7, 11) is 0. The molecule has 0 bridgehead atoms. The standard InChI is InChI=1S/C12H6ClF2NO3/c13-11-6-9(1-2-12(11)15)19-10-4-7(14)3-8(5-10)16(17)18/h1-6H. The van der Waals surface area contributed by atoms with E-state index in [2.05, 4.69) is 0 Å². The molecule has 2 aromatic rings. The third-order valence-electron chi connectivity index (χ3n) is 2.19. The van der Waals surface area contributed by atoms with Gasteiger partial charge in [0.2, 0.25) is 0 Å². The molecule has 0 spiro atoms. The van der Waals surface area contributed by atoms with Crippen LogP contribution in [-0.4, -0.2) is 4.92 Å². The van der Waals surface area contributed by atoms with Gasteiger partial charge in [-0.05, 0) is 12.1 Å². The van der Waals surface area contributed by atoms with Gasteiger partial charge in [-0.1, -0.05) is 11.6 Å². The van der Waals surface area contributed by atoms with Gasteiger partial charge < -0.3 is 4.74 Å². The van der Waals surface area contributed by atoms with E-state index in [0.29, 0.717) is 0 Å². The Labute approximate surface area is 111 Å². The van der Waals surface area contributed by atoms with Crippen LogP contribution < -0.4 is 4.74 Å². The Morgan fingerprint density at radius 1 is 1.11 bits per heavy atom. The molecular formula is C12H6ClF2NO3. The van der Waals surface area contributed by atoms with Crippen LogP contribution >= 0.6 is 11.6 Å². The molecule has 2 rings (SSSR count). The van der Waals surface area contributed by atoms with E-state index >= 15 is 0 Å². The van der Waals surface area contributed by atoms with Crippen molar-refractivity contribution in [1.82, 2.24) is 0 Å². The summed E-state index contributed by atoms with van der Waals surface area (Å²) in [4.78, 5) is 9.83. The molecule has 0 aliphatic rings. The fourth-order valence-electron chi connectivity index (χ4n) is 1.39. The molecule has 0 unspecified atom stereocenters. The van der Waals surface area contributed by atoms with E-state index in [0.717, 1.165) is 24.3 Å². The number of nitro benzene ring substituents is 1. The number of rotatable bonds is 3. The molecule has 19 heavy (non-hydrogen) atoms. The summed E-state index contributed by atoms with van der Waals surface area (Å²) >= 11 is 5.56. The van der Waals surface area contributed by atoms with Crippen LogP contribution in [0.25, 0.3) is 0 Å². The number of non-ortho nitro benzene ring substituents is 1. The summed E-state index contributed by atoms with van der Waals surface area (Å²) in [5.41, 5.74) is -0.441. The van der Waals surface area contributed by atoms with Crippen molar-refractivity contribution in [1.29, 1.82) is 0 Å². The lowest BCUT2D eigenvalue weighted by molar-refractivity contribution is -0.385. The highest BCUT2D eigenvalue weighted by molar-refractivity contribution is 6.30. The van der Waals surface area contributed by atoms with Gasteiger partial charge >= 0.3 is 0 Å². The first-order valence-corrected chi connectivity index (χ1v) is 5.41. The molecule has 0 aliphatic heterocycles. The fourth-order valence-corrected chi connectivity index (χ4v) is 1.56. The number of benzene rings is 2. The highest BCUT2D eigenvalue weighted by Crippen LogP contribution is 2.29. The van der Waals surface area contributed by atoms with Crippen LogP contribution in [-0.2, 0) is 0 Å². The Morgan fingerprint density at radius 2 is 1.84 bits per heavy atom. The van der Waals surface area contributed by atoms with E-state index in [9.17, 15) is 18.9 Å². The zero-order chi connectivity index (χ0) is 14.0. The third-order valence-corrected chi connectivity index (χ3v) is 2.48. The Balaban J connectivity index is 2.32. The minimum Gasteiger partial charge on any atom is -0.457 e.